The fourth-order valence-corrected chi connectivity index (χ4v) is 2.37. The first kappa shape index (κ1) is 13.9. The van der Waals surface area contributed by atoms with Gasteiger partial charge >= 0.3 is 0 Å². The van der Waals surface area contributed by atoms with E-state index in [1.165, 1.54) is 0 Å². The van der Waals surface area contributed by atoms with Crippen molar-refractivity contribution in [3.8, 4) is 0 Å². The lowest BCUT2D eigenvalue weighted by Crippen LogP contribution is -2.08. The van der Waals surface area contributed by atoms with Gasteiger partial charge in [-0.2, -0.15) is 5.10 Å². The summed E-state index contributed by atoms with van der Waals surface area (Å²) in [5, 5.41) is 4.93. The fourth-order valence-electron chi connectivity index (χ4n) is 2.00. The standard InChI is InChI=1S/C14H17ClN2O2/c1-3-12-14(15)13(17(2)16-12)9-10(18)6-7-11-5-4-8-19-11/h4-5,8H,3,6-7,9H2,1-2H3. The van der Waals surface area contributed by atoms with E-state index in [9.17, 15) is 4.79 Å². The van der Waals surface area contributed by atoms with E-state index in [0.29, 0.717) is 24.3 Å². The van der Waals surface area contributed by atoms with Gasteiger partial charge in [0.25, 0.3) is 0 Å². The third-order valence-electron chi connectivity index (χ3n) is 3.10. The van der Waals surface area contributed by atoms with E-state index in [4.69, 9.17) is 16.0 Å². The Bertz CT molecular complexity index is 558. The summed E-state index contributed by atoms with van der Waals surface area (Å²) >= 11 is 6.22. The third kappa shape index (κ3) is 3.26. The highest BCUT2D eigenvalue weighted by Gasteiger charge is 2.16. The summed E-state index contributed by atoms with van der Waals surface area (Å²) in [7, 11) is 1.82. The number of hydrogen-bond acceptors (Lipinski definition) is 3. The number of hydrogen-bond donors (Lipinski definition) is 0. The average molecular weight is 281 g/mol. The third-order valence-corrected chi connectivity index (χ3v) is 3.53. The molecule has 0 amide bonds. The Morgan fingerprint density at radius 2 is 2.32 bits per heavy atom. The molecule has 0 atom stereocenters. The maximum atomic E-state index is 12.0. The highest BCUT2D eigenvalue weighted by atomic mass is 35.5. The molecule has 0 bridgehead atoms. The molecule has 2 rings (SSSR count). The molecule has 2 aromatic rings. The molecule has 19 heavy (non-hydrogen) atoms. The highest BCUT2D eigenvalue weighted by Crippen LogP contribution is 2.21. The molecule has 0 N–H and O–H groups in total. The number of halogens is 1. The molecule has 0 saturated heterocycles. The predicted octanol–water partition coefficient (Wildman–Crippen LogP) is 2.97. The summed E-state index contributed by atoms with van der Waals surface area (Å²) in [6, 6.07) is 3.70. The molecule has 0 radical (unpaired) electrons. The van der Waals surface area contributed by atoms with Crippen LogP contribution in [0.5, 0.6) is 0 Å². The van der Waals surface area contributed by atoms with Crippen LogP contribution in [0.25, 0.3) is 0 Å². The van der Waals surface area contributed by atoms with Gasteiger partial charge < -0.3 is 4.42 Å². The molecule has 102 valence electrons. The Hall–Kier alpha value is -1.55. The molecule has 0 saturated carbocycles. The van der Waals surface area contributed by atoms with Gasteiger partial charge in [0.05, 0.1) is 22.7 Å². The monoisotopic (exact) mass is 280 g/mol. The smallest absolute Gasteiger partial charge is 0.139 e. The topological polar surface area (TPSA) is 48.0 Å². The number of aryl methyl sites for hydroxylation is 3. The van der Waals surface area contributed by atoms with E-state index in [0.717, 1.165) is 23.6 Å². The first-order chi connectivity index (χ1) is 9.11. The molecular weight excluding hydrogens is 264 g/mol. The molecule has 0 aliphatic rings. The second-order valence-electron chi connectivity index (χ2n) is 4.48. The van der Waals surface area contributed by atoms with Crippen LogP contribution in [0, 0.1) is 0 Å². The van der Waals surface area contributed by atoms with Gasteiger partial charge in [0.1, 0.15) is 11.5 Å². The number of nitrogens with zero attached hydrogens (tertiary/aromatic N) is 2. The molecule has 2 aromatic heterocycles. The molecule has 0 spiro atoms. The molecular formula is C14H17ClN2O2. The van der Waals surface area contributed by atoms with Crippen molar-refractivity contribution in [1.29, 1.82) is 0 Å². The summed E-state index contributed by atoms with van der Waals surface area (Å²) in [5.41, 5.74) is 1.64. The van der Waals surface area contributed by atoms with Gasteiger partial charge in [-0.25, -0.2) is 0 Å². The zero-order valence-electron chi connectivity index (χ0n) is 11.1. The van der Waals surface area contributed by atoms with E-state index in [1.54, 1.807) is 10.9 Å². The Balaban J connectivity index is 1.97. The van der Waals surface area contributed by atoms with Crippen LogP contribution in [0.3, 0.4) is 0 Å². The fraction of sp³-hybridized carbons (Fsp3) is 0.429. The minimum atomic E-state index is 0.143. The molecule has 0 aromatic carbocycles. The minimum Gasteiger partial charge on any atom is -0.469 e. The lowest BCUT2D eigenvalue weighted by Gasteiger charge is -2.02. The first-order valence-corrected chi connectivity index (χ1v) is 6.74. The molecule has 0 aliphatic heterocycles. The lowest BCUT2D eigenvalue weighted by atomic mass is 10.1. The number of furan rings is 1. The van der Waals surface area contributed by atoms with E-state index >= 15 is 0 Å². The van der Waals surface area contributed by atoms with Crippen molar-refractivity contribution >= 4 is 17.4 Å². The molecule has 2 heterocycles. The summed E-state index contributed by atoms with van der Waals surface area (Å²) < 4.78 is 6.91. The van der Waals surface area contributed by atoms with Crippen LogP contribution in [-0.2, 0) is 31.1 Å². The molecule has 4 nitrogen and oxygen atoms in total. The maximum Gasteiger partial charge on any atom is 0.139 e. The number of carbonyl (C=O) groups excluding carboxylic acids is 1. The van der Waals surface area contributed by atoms with Crippen molar-refractivity contribution < 1.29 is 9.21 Å². The van der Waals surface area contributed by atoms with Crippen LogP contribution in [0.4, 0.5) is 0 Å². The SMILES string of the molecule is CCc1nn(C)c(CC(=O)CCc2ccco2)c1Cl. The van der Waals surface area contributed by atoms with Crippen LogP contribution in [-0.4, -0.2) is 15.6 Å². The summed E-state index contributed by atoms with van der Waals surface area (Å²) in [6.07, 6.45) is 3.79. The molecule has 0 fully saturated rings. The first-order valence-electron chi connectivity index (χ1n) is 6.36. The lowest BCUT2D eigenvalue weighted by molar-refractivity contribution is -0.118. The quantitative estimate of drug-likeness (QED) is 0.817. The van der Waals surface area contributed by atoms with Gasteiger partial charge in [-0.3, -0.25) is 9.48 Å². The minimum absolute atomic E-state index is 0.143. The van der Waals surface area contributed by atoms with Crippen LogP contribution < -0.4 is 0 Å². The summed E-state index contributed by atoms with van der Waals surface area (Å²) in [5.74, 6) is 0.975. The number of aromatic nitrogens is 2. The number of carbonyl (C=O) groups is 1. The Labute approximate surface area is 117 Å². The van der Waals surface area contributed by atoms with Crippen molar-refractivity contribution in [3.05, 3.63) is 40.6 Å². The second-order valence-corrected chi connectivity index (χ2v) is 4.86. The molecule has 0 unspecified atom stereocenters. The molecule has 0 aliphatic carbocycles. The zero-order chi connectivity index (χ0) is 13.8. The number of Topliss-reactive ketones (excluding diaryl/α,β-unsaturated/α-hetero) is 1. The van der Waals surface area contributed by atoms with E-state index < -0.39 is 0 Å². The average Bonchev–Trinajstić information content (AvgIpc) is 2.99. The van der Waals surface area contributed by atoms with Gasteiger partial charge in [0, 0.05) is 26.3 Å². The van der Waals surface area contributed by atoms with Crippen molar-refractivity contribution in [2.45, 2.75) is 32.6 Å². The van der Waals surface area contributed by atoms with E-state index in [1.807, 2.05) is 26.1 Å². The van der Waals surface area contributed by atoms with E-state index in [-0.39, 0.29) is 5.78 Å². The van der Waals surface area contributed by atoms with Gasteiger partial charge in [-0.05, 0) is 18.6 Å². The van der Waals surface area contributed by atoms with Crippen molar-refractivity contribution in [2.75, 3.05) is 0 Å². The Morgan fingerprint density at radius 3 is 2.89 bits per heavy atom. The highest BCUT2D eigenvalue weighted by molar-refractivity contribution is 6.32. The van der Waals surface area contributed by atoms with Crippen molar-refractivity contribution in [1.82, 2.24) is 9.78 Å². The van der Waals surface area contributed by atoms with Crippen LogP contribution in [0.2, 0.25) is 5.02 Å². The normalized spacial score (nSPS) is 10.9. The second kappa shape index (κ2) is 6.06. The van der Waals surface area contributed by atoms with Crippen LogP contribution in [0.15, 0.2) is 22.8 Å². The van der Waals surface area contributed by atoms with Gasteiger partial charge in [-0.15, -0.1) is 0 Å². The van der Waals surface area contributed by atoms with Gasteiger partial charge in [0.2, 0.25) is 0 Å². The zero-order valence-corrected chi connectivity index (χ0v) is 11.9. The van der Waals surface area contributed by atoms with Crippen LogP contribution in [0.1, 0.15) is 30.5 Å². The maximum absolute atomic E-state index is 12.0. The van der Waals surface area contributed by atoms with E-state index in [2.05, 4.69) is 5.10 Å². The van der Waals surface area contributed by atoms with Crippen molar-refractivity contribution in [2.24, 2.45) is 7.05 Å². The Morgan fingerprint density at radius 1 is 1.53 bits per heavy atom. The van der Waals surface area contributed by atoms with Crippen LogP contribution >= 0.6 is 11.6 Å². The van der Waals surface area contributed by atoms with Gasteiger partial charge in [-0.1, -0.05) is 18.5 Å². The number of ketones is 1. The predicted molar refractivity (Wildman–Crippen MR) is 73.3 cm³/mol. The Kier molecular flexibility index (Phi) is 4.43. The van der Waals surface area contributed by atoms with Crippen molar-refractivity contribution in [3.63, 3.8) is 0 Å². The van der Waals surface area contributed by atoms with Gasteiger partial charge in [0.15, 0.2) is 0 Å². The number of rotatable bonds is 6. The molecule has 5 heteroatoms. The largest absolute Gasteiger partial charge is 0.469 e. The summed E-state index contributed by atoms with van der Waals surface area (Å²) in [6.45, 7) is 2.00. The summed E-state index contributed by atoms with van der Waals surface area (Å²) in [4.78, 5) is 12.0.